The van der Waals surface area contributed by atoms with Crippen LogP contribution in [0.5, 0.6) is 0 Å². The Morgan fingerprint density at radius 2 is 1.11 bits per heavy atom. The van der Waals surface area contributed by atoms with Gasteiger partial charge in [-0.1, -0.05) is 153 Å². The summed E-state index contributed by atoms with van der Waals surface area (Å²) in [5, 5.41) is 5.24. The summed E-state index contributed by atoms with van der Waals surface area (Å²) in [5.74, 6) is 0. The second kappa shape index (κ2) is 9.91. The van der Waals surface area contributed by atoms with Gasteiger partial charge in [-0.05, 0) is 107 Å². The summed E-state index contributed by atoms with van der Waals surface area (Å²) in [6, 6.07) is 49.8. The highest BCUT2D eigenvalue weighted by atomic mass is 14.4. The molecule has 2 aliphatic rings. The summed E-state index contributed by atoms with van der Waals surface area (Å²) in [6.45, 7) is 4.71. The molecule has 2 aliphatic carbocycles. The lowest BCUT2D eigenvalue weighted by Crippen LogP contribution is -2.14. The summed E-state index contributed by atoms with van der Waals surface area (Å²) >= 11 is 0. The number of hydrogen-bond donors (Lipinski definition) is 0. The average molecular weight is 575 g/mol. The molecule has 0 spiro atoms. The number of hydrogen-bond acceptors (Lipinski definition) is 0. The summed E-state index contributed by atoms with van der Waals surface area (Å²) < 4.78 is 0. The van der Waals surface area contributed by atoms with Crippen molar-refractivity contribution in [3.8, 4) is 44.5 Å². The van der Waals surface area contributed by atoms with Crippen LogP contribution in [0.4, 0.5) is 0 Å². The van der Waals surface area contributed by atoms with E-state index in [-0.39, 0.29) is 5.41 Å². The molecule has 0 heteroatoms. The van der Waals surface area contributed by atoms with Crippen LogP contribution in [0, 0.1) is 0 Å². The first-order valence-corrected chi connectivity index (χ1v) is 16.2. The third kappa shape index (κ3) is 3.92. The summed E-state index contributed by atoms with van der Waals surface area (Å²) in [4.78, 5) is 0. The van der Waals surface area contributed by atoms with Crippen molar-refractivity contribution < 1.29 is 0 Å². The minimum absolute atomic E-state index is 0.000795. The van der Waals surface area contributed by atoms with Crippen molar-refractivity contribution in [2.24, 2.45) is 0 Å². The van der Waals surface area contributed by atoms with E-state index >= 15 is 0 Å². The highest BCUT2D eigenvalue weighted by molar-refractivity contribution is 6.13. The minimum atomic E-state index is -0.000795. The van der Waals surface area contributed by atoms with Crippen molar-refractivity contribution >= 4 is 27.6 Å². The van der Waals surface area contributed by atoms with Gasteiger partial charge in [-0.15, -0.1) is 0 Å². The van der Waals surface area contributed by atoms with Crippen molar-refractivity contribution in [1.29, 1.82) is 0 Å². The van der Waals surface area contributed by atoms with E-state index in [9.17, 15) is 0 Å². The lowest BCUT2D eigenvalue weighted by Gasteiger charge is -2.24. The van der Waals surface area contributed by atoms with Gasteiger partial charge in [0.1, 0.15) is 0 Å². The Morgan fingerprint density at radius 3 is 1.96 bits per heavy atom. The number of allylic oxidation sites excluding steroid dienone is 1. The van der Waals surface area contributed by atoms with Crippen LogP contribution < -0.4 is 0 Å². The molecule has 0 radical (unpaired) electrons. The molecule has 0 amide bonds. The molecule has 0 saturated heterocycles. The monoisotopic (exact) mass is 574 g/mol. The van der Waals surface area contributed by atoms with E-state index in [1.807, 2.05) is 0 Å². The highest BCUT2D eigenvalue weighted by Gasteiger charge is 2.35. The van der Waals surface area contributed by atoms with E-state index in [0.29, 0.717) is 0 Å². The van der Waals surface area contributed by atoms with Crippen LogP contribution in [0.15, 0.2) is 140 Å². The summed E-state index contributed by atoms with van der Waals surface area (Å²) in [6.07, 6.45) is 6.85. The molecule has 9 rings (SSSR count). The Kier molecular flexibility index (Phi) is 5.77. The molecule has 214 valence electrons. The Balaban J connectivity index is 1.20. The SMILES string of the molecule is CC1(C)c2ccccc2-c2ccc(-c3ccc(-c4c5c(c(-c6cccc7ccccc67)c6ccccc46)C=CCC5)cc3)cc21. The standard InChI is InChI=1S/C45H34/c1-45(2)41-21-10-9-15-34(41)35-27-26-32(28-42(35)45)29-22-24-31(25-23-29)43-37-16-5-7-18-39(37)44(40-19-8-6-17-38(40)43)36-20-11-13-30-12-3-4-14-33(30)36/h3-5,7-16,18-28H,6,17H2,1-2H3. The maximum absolute atomic E-state index is 2.42. The molecule has 7 aromatic carbocycles. The maximum Gasteiger partial charge on any atom is 0.0159 e. The largest absolute Gasteiger partial charge is 0.0836 e. The van der Waals surface area contributed by atoms with Crippen LogP contribution in [-0.4, -0.2) is 0 Å². The Bertz CT molecular complexity index is 2320. The molecule has 0 N–H and O–H groups in total. The van der Waals surface area contributed by atoms with Gasteiger partial charge in [0.15, 0.2) is 0 Å². The maximum atomic E-state index is 2.42. The first-order chi connectivity index (χ1) is 22.1. The predicted octanol–water partition coefficient (Wildman–Crippen LogP) is 12.3. The first-order valence-electron chi connectivity index (χ1n) is 16.2. The third-order valence-corrected chi connectivity index (χ3v) is 10.4. The molecule has 7 aromatic rings. The lowest BCUT2D eigenvalue weighted by atomic mass is 9.79. The molecule has 0 atom stereocenters. The highest BCUT2D eigenvalue weighted by Crippen LogP contribution is 2.50. The normalized spacial score (nSPS) is 14.4. The van der Waals surface area contributed by atoms with Gasteiger partial charge in [0.05, 0.1) is 0 Å². The molecule has 0 nitrogen and oxygen atoms in total. The van der Waals surface area contributed by atoms with E-state index in [2.05, 4.69) is 159 Å². The van der Waals surface area contributed by atoms with E-state index < -0.39 is 0 Å². The second-order valence-electron chi connectivity index (χ2n) is 13.2. The van der Waals surface area contributed by atoms with E-state index in [4.69, 9.17) is 0 Å². The molecular formula is C45H34. The molecule has 0 aliphatic heterocycles. The first kappa shape index (κ1) is 26.2. The van der Waals surface area contributed by atoms with E-state index in [0.717, 1.165) is 12.8 Å². The van der Waals surface area contributed by atoms with E-state index in [1.165, 1.54) is 88.3 Å². The fourth-order valence-corrected chi connectivity index (χ4v) is 8.16. The fraction of sp³-hybridized carbons (Fsp3) is 0.111. The van der Waals surface area contributed by atoms with Crippen LogP contribution in [-0.2, 0) is 11.8 Å². The Hall–Kier alpha value is -5.20. The molecule has 45 heavy (non-hydrogen) atoms. The van der Waals surface area contributed by atoms with Gasteiger partial charge >= 0.3 is 0 Å². The molecular weight excluding hydrogens is 540 g/mol. The van der Waals surface area contributed by atoms with Crippen LogP contribution in [0.2, 0.25) is 0 Å². The predicted molar refractivity (Wildman–Crippen MR) is 193 cm³/mol. The van der Waals surface area contributed by atoms with Crippen molar-refractivity contribution in [2.75, 3.05) is 0 Å². The van der Waals surface area contributed by atoms with Crippen molar-refractivity contribution in [3.63, 3.8) is 0 Å². The van der Waals surface area contributed by atoms with Crippen molar-refractivity contribution in [2.45, 2.75) is 32.1 Å². The zero-order valence-corrected chi connectivity index (χ0v) is 25.8. The van der Waals surface area contributed by atoms with E-state index in [1.54, 1.807) is 0 Å². The molecule has 0 fully saturated rings. The average Bonchev–Trinajstić information content (AvgIpc) is 3.33. The zero-order valence-electron chi connectivity index (χ0n) is 25.8. The summed E-state index contributed by atoms with van der Waals surface area (Å²) in [5.41, 5.74) is 16.3. The Labute approximate surface area is 265 Å². The van der Waals surface area contributed by atoms with Gasteiger partial charge in [0, 0.05) is 5.41 Å². The molecule has 0 aromatic heterocycles. The number of benzene rings is 7. The smallest absolute Gasteiger partial charge is 0.0159 e. The van der Waals surface area contributed by atoms with Gasteiger partial charge in [-0.25, -0.2) is 0 Å². The molecule has 0 unspecified atom stereocenters. The van der Waals surface area contributed by atoms with Crippen molar-refractivity contribution in [3.05, 3.63) is 162 Å². The molecule has 0 heterocycles. The second-order valence-corrected chi connectivity index (χ2v) is 13.2. The quantitative estimate of drug-likeness (QED) is 0.197. The van der Waals surface area contributed by atoms with Crippen LogP contribution in [0.3, 0.4) is 0 Å². The minimum Gasteiger partial charge on any atom is -0.0836 e. The fourth-order valence-electron chi connectivity index (χ4n) is 8.16. The topological polar surface area (TPSA) is 0 Å². The van der Waals surface area contributed by atoms with Crippen molar-refractivity contribution in [1.82, 2.24) is 0 Å². The van der Waals surface area contributed by atoms with Gasteiger partial charge in [0.25, 0.3) is 0 Å². The lowest BCUT2D eigenvalue weighted by molar-refractivity contribution is 0.660. The Morgan fingerprint density at radius 1 is 0.489 bits per heavy atom. The van der Waals surface area contributed by atoms with Crippen LogP contribution in [0.1, 0.15) is 42.5 Å². The molecule has 0 bridgehead atoms. The number of fused-ring (bicyclic) bond motifs is 6. The zero-order chi connectivity index (χ0) is 30.1. The van der Waals surface area contributed by atoms with Gasteiger partial charge in [0.2, 0.25) is 0 Å². The van der Waals surface area contributed by atoms with Gasteiger partial charge in [-0.2, -0.15) is 0 Å². The third-order valence-electron chi connectivity index (χ3n) is 10.4. The van der Waals surface area contributed by atoms with Crippen LogP contribution in [0.25, 0.3) is 72.1 Å². The van der Waals surface area contributed by atoms with Gasteiger partial charge in [-0.3, -0.25) is 0 Å². The van der Waals surface area contributed by atoms with Gasteiger partial charge < -0.3 is 0 Å². The molecule has 0 saturated carbocycles. The summed E-state index contributed by atoms with van der Waals surface area (Å²) in [7, 11) is 0. The van der Waals surface area contributed by atoms with Crippen LogP contribution >= 0.6 is 0 Å². The number of rotatable bonds is 3.